The van der Waals surface area contributed by atoms with Crippen molar-refractivity contribution in [3.05, 3.63) is 17.1 Å². The largest absolute Gasteiger partial charge is 0.465 e. The van der Waals surface area contributed by atoms with Crippen LogP contribution in [0.25, 0.3) is 0 Å². The monoisotopic (exact) mass is 316 g/mol. The van der Waals surface area contributed by atoms with Gasteiger partial charge in [0.2, 0.25) is 10.0 Å². The van der Waals surface area contributed by atoms with Crippen molar-refractivity contribution in [3.8, 4) is 0 Å². The normalized spacial score (nSPS) is 15.6. The molecule has 0 aliphatic heterocycles. The van der Waals surface area contributed by atoms with E-state index in [-0.39, 0.29) is 4.90 Å². The summed E-state index contributed by atoms with van der Waals surface area (Å²) in [6.07, 6.45) is 2.96. The molecule has 2 rings (SSSR count). The summed E-state index contributed by atoms with van der Waals surface area (Å²) in [7, 11) is -1.95. The first-order valence-corrected chi connectivity index (χ1v) is 8.75. The van der Waals surface area contributed by atoms with Gasteiger partial charge in [-0.05, 0) is 33.1 Å². The third kappa shape index (κ3) is 4.29. The van der Waals surface area contributed by atoms with Crippen molar-refractivity contribution in [2.24, 2.45) is 0 Å². The minimum absolute atomic E-state index is 0.283. The molecule has 120 valence electrons. The Bertz CT molecular complexity index is 576. The lowest BCUT2D eigenvalue weighted by Gasteiger charge is -2.09. The summed E-state index contributed by atoms with van der Waals surface area (Å²) in [4.78, 5) is 0.283. The van der Waals surface area contributed by atoms with E-state index in [1.54, 1.807) is 21.0 Å². The second-order valence-electron chi connectivity index (χ2n) is 5.42. The fraction of sp³-hybridized carbons (Fsp3) is 0.714. The molecule has 0 unspecified atom stereocenters. The number of methoxy groups -OCH3 is 1. The summed E-state index contributed by atoms with van der Waals surface area (Å²) in [6, 6.07) is 0.518. The van der Waals surface area contributed by atoms with Gasteiger partial charge in [0, 0.05) is 38.4 Å². The minimum atomic E-state index is -3.55. The third-order valence-electron chi connectivity index (χ3n) is 3.56. The standard InChI is InChI=1S/C14H24N2O4S/c1-10-13(9-15-12-5-6-12)14(11(2)20-10)21(17,18)16-7-4-8-19-3/h12,15-16H,4-9H2,1-3H3. The van der Waals surface area contributed by atoms with Gasteiger partial charge in [-0.25, -0.2) is 13.1 Å². The molecular weight excluding hydrogens is 292 g/mol. The fourth-order valence-corrected chi connectivity index (χ4v) is 3.81. The molecule has 0 aromatic carbocycles. The molecule has 1 saturated carbocycles. The zero-order valence-electron chi connectivity index (χ0n) is 12.9. The van der Waals surface area contributed by atoms with Crippen molar-refractivity contribution in [2.75, 3.05) is 20.3 Å². The average molecular weight is 316 g/mol. The van der Waals surface area contributed by atoms with Crippen LogP contribution in [0.1, 0.15) is 36.3 Å². The summed E-state index contributed by atoms with van der Waals surface area (Å²) in [5.41, 5.74) is 0.735. The van der Waals surface area contributed by atoms with Crippen LogP contribution < -0.4 is 10.0 Å². The highest BCUT2D eigenvalue weighted by molar-refractivity contribution is 7.89. The minimum Gasteiger partial charge on any atom is -0.465 e. The van der Waals surface area contributed by atoms with Gasteiger partial charge in [-0.15, -0.1) is 0 Å². The number of furan rings is 1. The molecule has 0 bridgehead atoms. The molecular formula is C14H24N2O4S. The van der Waals surface area contributed by atoms with Crippen LogP contribution in [0, 0.1) is 13.8 Å². The van der Waals surface area contributed by atoms with Gasteiger partial charge in [0.05, 0.1) is 0 Å². The van der Waals surface area contributed by atoms with Crippen molar-refractivity contribution in [2.45, 2.75) is 50.6 Å². The molecule has 21 heavy (non-hydrogen) atoms. The molecule has 0 amide bonds. The number of ether oxygens (including phenoxy) is 1. The summed E-state index contributed by atoms with van der Waals surface area (Å²) < 4.78 is 38.0. The van der Waals surface area contributed by atoms with Crippen LogP contribution in [0.5, 0.6) is 0 Å². The molecule has 0 atom stereocenters. The van der Waals surface area contributed by atoms with E-state index in [4.69, 9.17) is 9.15 Å². The average Bonchev–Trinajstić information content (AvgIpc) is 3.18. The predicted octanol–water partition coefficient (Wildman–Crippen LogP) is 1.46. The van der Waals surface area contributed by atoms with Crippen LogP contribution in [0.3, 0.4) is 0 Å². The molecule has 0 saturated heterocycles. The summed E-state index contributed by atoms with van der Waals surface area (Å²) >= 11 is 0. The Morgan fingerprint density at radius 3 is 2.62 bits per heavy atom. The smallest absolute Gasteiger partial charge is 0.244 e. The molecule has 6 nitrogen and oxygen atoms in total. The Morgan fingerprint density at radius 2 is 2.00 bits per heavy atom. The van der Waals surface area contributed by atoms with Crippen LogP contribution in [0.2, 0.25) is 0 Å². The van der Waals surface area contributed by atoms with Crippen LogP contribution in [-0.4, -0.2) is 34.7 Å². The number of hydrogen-bond acceptors (Lipinski definition) is 5. The van der Waals surface area contributed by atoms with Crippen molar-refractivity contribution in [3.63, 3.8) is 0 Å². The molecule has 0 radical (unpaired) electrons. The van der Waals surface area contributed by atoms with E-state index in [1.165, 1.54) is 0 Å². The topological polar surface area (TPSA) is 80.6 Å². The van der Waals surface area contributed by atoms with E-state index < -0.39 is 10.0 Å². The second-order valence-corrected chi connectivity index (χ2v) is 7.13. The Kier molecular flexibility index (Phi) is 5.43. The maximum absolute atomic E-state index is 12.5. The number of sulfonamides is 1. The highest BCUT2D eigenvalue weighted by Gasteiger charge is 2.28. The molecule has 1 aliphatic carbocycles. The molecule has 1 aliphatic rings. The van der Waals surface area contributed by atoms with Gasteiger partial charge in [-0.2, -0.15) is 0 Å². The number of rotatable bonds is 9. The van der Waals surface area contributed by atoms with E-state index in [9.17, 15) is 8.42 Å². The Morgan fingerprint density at radius 1 is 1.29 bits per heavy atom. The van der Waals surface area contributed by atoms with E-state index in [0.29, 0.717) is 43.7 Å². The first-order chi connectivity index (χ1) is 9.95. The van der Waals surface area contributed by atoms with Crippen LogP contribution in [0.15, 0.2) is 9.31 Å². The Hall–Kier alpha value is -0.890. The Labute approximate surface area is 126 Å². The summed E-state index contributed by atoms with van der Waals surface area (Å²) in [6.45, 7) is 4.91. The van der Waals surface area contributed by atoms with Gasteiger partial charge in [-0.1, -0.05) is 0 Å². The second kappa shape index (κ2) is 6.91. The Balaban J connectivity index is 2.11. The van der Waals surface area contributed by atoms with Crippen LogP contribution >= 0.6 is 0 Å². The highest BCUT2D eigenvalue weighted by Crippen LogP contribution is 2.28. The fourth-order valence-electron chi connectivity index (χ4n) is 2.30. The van der Waals surface area contributed by atoms with E-state index in [2.05, 4.69) is 10.0 Å². The van der Waals surface area contributed by atoms with Crippen molar-refractivity contribution < 1.29 is 17.6 Å². The van der Waals surface area contributed by atoms with Gasteiger partial charge in [0.1, 0.15) is 16.4 Å². The third-order valence-corrected chi connectivity index (χ3v) is 5.21. The van der Waals surface area contributed by atoms with Crippen molar-refractivity contribution in [1.82, 2.24) is 10.0 Å². The summed E-state index contributed by atoms with van der Waals surface area (Å²) in [5, 5.41) is 3.34. The van der Waals surface area contributed by atoms with Crippen molar-refractivity contribution in [1.29, 1.82) is 0 Å². The number of aryl methyl sites for hydroxylation is 2. The van der Waals surface area contributed by atoms with Crippen LogP contribution in [0.4, 0.5) is 0 Å². The van der Waals surface area contributed by atoms with E-state index in [0.717, 1.165) is 18.4 Å². The summed E-state index contributed by atoms with van der Waals surface area (Å²) in [5.74, 6) is 1.11. The van der Waals surface area contributed by atoms with Gasteiger partial charge in [0.25, 0.3) is 0 Å². The van der Waals surface area contributed by atoms with Gasteiger partial charge in [-0.3, -0.25) is 0 Å². The lowest BCUT2D eigenvalue weighted by atomic mass is 10.2. The van der Waals surface area contributed by atoms with E-state index >= 15 is 0 Å². The molecule has 0 spiro atoms. The van der Waals surface area contributed by atoms with Crippen molar-refractivity contribution >= 4 is 10.0 Å². The maximum atomic E-state index is 12.5. The first kappa shape index (κ1) is 16.5. The quantitative estimate of drug-likeness (QED) is 0.674. The molecule has 1 fully saturated rings. The molecule has 2 N–H and O–H groups in total. The maximum Gasteiger partial charge on any atom is 0.244 e. The molecule has 1 heterocycles. The SMILES string of the molecule is COCCCNS(=O)(=O)c1c(C)oc(C)c1CNC1CC1. The predicted molar refractivity (Wildman–Crippen MR) is 79.7 cm³/mol. The zero-order valence-corrected chi connectivity index (χ0v) is 13.7. The molecule has 1 aromatic heterocycles. The lowest BCUT2D eigenvalue weighted by Crippen LogP contribution is -2.27. The number of hydrogen-bond donors (Lipinski definition) is 2. The first-order valence-electron chi connectivity index (χ1n) is 7.26. The highest BCUT2D eigenvalue weighted by atomic mass is 32.2. The van der Waals surface area contributed by atoms with Gasteiger partial charge >= 0.3 is 0 Å². The molecule has 7 heteroatoms. The van der Waals surface area contributed by atoms with Gasteiger partial charge in [0.15, 0.2) is 0 Å². The van der Waals surface area contributed by atoms with Crippen LogP contribution in [-0.2, 0) is 21.3 Å². The number of nitrogens with one attached hydrogen (secondary N) is 2. The lowest BCUT2D eigenvalue weighted by molar-refractivity contribution is 0.196. The van der Waals surface area contributed by atoms with E-state index in [1.807, 2.05) is 0 Å². The molecule has 1 aromatic rings. The zero-order chi connectivity index (χ0) is 15.5. The van der Waals surface area contributed by atoms with Gasteiger partial charge < -0.3 is 14.5 Å².